The van der Waals surface area contributed by atoms with E-state index >= 15 is 0 Å². The van der Waals surface area contributed by atoms with Crippen LogP contribution in [0.25, 0.3) is 0 Å². The topological polar surface area (TPSA) is 38.1 Å². The molecule has 106 valence electrons. The summed E-state index contributed by atoms with van der Waals surface area (Å²) in [6.45, 7) is 5.08. The molecule has 0 bridgehead atoms. The fourth-order valence-corrected chi connectivity index (χ4v) is 3.32. The van der Waals surface area contributed by atoms with Crippen LogP contribution in [0, 0.1) is 5.92 Å². The minimum atomic E-state index is -0.365. The fourth-order valence-electron chi connectivity index (χ4n) is 3.32. The number of carbonyl (C=O) groups is 1. The standard InChI is InChI=1S/C15H25N3O/c1-5-18-10-9-16-14(18)13(19)15(17(3)4)8-6-7-12(2)11-15/h9-10,12H,5-8,11H2,1-4H3. The maximum absolute atomic E-state index is 13.0. The summed E-state index contributed by atoms with van der Waals surface area (Å²) in [4.78, 5) is 19.4. The number of aryl methyl sites for hydroxylation is 1. The van der Waals surface area contributed by atoms with E-state index in [1.807, 2.05) is 31.8 Å². The molecular formula is C15H25N3O. The molecule has 0 N–H and O–H groups in total. The van der Waals surface area contributed by atoms with Crippen LogP contribution in [0.2, 0.25) is 0 Å². The highest BCUT2D eigenvalue weighted by Gasteiger charge is 2.45. The number of aromatic nitrogens is 2. The Balaban J connectivity index is 2.37. The number of likely N-dealkylation sites (N-methyl/N-ethyl adjacent to an activating group) is 1. The van der Waals surface area contributed by atoms with E-state index in [0.717, 1.165) is 25.8 Å². The summed E-state index contributed by atoms with van der Waals surface area (Å²) in [6, 6.07) is 0. The van der Waals surface area contributed by atoms with Crippen LogP contribution in [0.3, 0.4) is 0 Å². The number of hydrogen-bond donors (Lipinski definition) is 0. The van der Waals surface area contributed by atoms with Crippen LogP contribution in [0.15, 0.2) is 12.4 Å². The lowest BCUT2D eigenvalue weighted by atomic mass is 9.73. The minimum absolute atomic E-state index is 0.191. The Hall–Kier alpha value is -1.16. The number of rotatable bonds is 4. The molecule has 4 nitrogen and oxygen atoms in total. The lowest BCUT2D eigenvalue weighted by Gasteiger charge is -2.43. The van der Waals surface area contributed by atoms with E-state index in [9.17, 15) is 4.79 Å². The van der Waals surface area contributed by atoms with Gasteiger partial charge in [0.25, 0.3) is 0 Å². The highest BCUT2D eigenvalue weighted by Crippen LogP contribution is 2.37. The van der Waals surface area contributed by atoms with Crippen molar-refractivity contribution in [2.75, 3.05) is 14.1 Å². The monoisotopic (exact) mass is 263 g/mol. The van der Waals surface area contributed by atoms with Gasteiger partial charge in [-0.15, -0.1) is 0 Å². The summed E-state index contributed by atoms with van der Waals surface area (Å²) < 4.78 is 1.95. The molecule has 2 rings (SSSR count). The van der Waals surface area contributed by atoms with Crippen LogP contribution >= 0.6 is 0 Å². The molecule has 0 saturated heterocycles. The Morgan fingerprint density at radius 1 is 1.58 bits per heavy atom. The third-order valence-electron chi connectivity index (χ3n) is 4.51. The quantitative estimate of drug-likeness (QED) is 0.784. The summed E-state index contributed by atoms with van der Waals surface area (Å²) in [5.74, 6) is 1.41. The number of ketones is 1. The summed E-state index contributed by atoms with van der Waals surface area (Å²) in [5, 5.41) is 0. The molecule has 0 aromatic carbocycles. The van der Waals surface area contributed by atoms with Gasteiger partial charge in [0, 0.05) is 18.9 Å². The van der Waals surface area contributed by atoms with E-state index in [1.54, 1.807) is 6.20 Å². The molecule has 1 aromatic rings. The molecule has 1 heterocycles. The van der Waals surface area contributed by atoms with Crippen LogP contribution in [-0.2, 0) is 6.54 Å². The number of carbonyl (C=O) groups excluding carboxylic acids is 1. The maximum Gasteiger partial charge on any atom is 0.218 e. The predicted molar refractivity (Wildman–Crippen MR) is 76.3 cm³/mol. The molecule has 19 heavy (non-hydrogen) atoms. The average molecular weight is 263 g/mol. The molecule has 1 saturated carbocycles. The van der Waals surface area contributed by atoms with Crippen LogP contribution in [0.1, 0.15) is 50.1 Å². The van der Waals surface area contributed by atoms with E-state index < -0.39 is 0 Å². The molecule has 1 fully saturated rings. The van der Waals surface area contributed by atoms with Gasteiger partial charge in [0.1, 0.15) is 0 Å². The highest BCUT2D eigenvalue weighted by molar-refractivity contribution is 6.00. The Morgan fingerprint density at radius 2 is 2.32 bits per heavy atom. The smallest absolute Gasteiger partial charge is 0.218 e. The van der Waals surface area contributed by atoms with Crippen molar-refractivity contribution in [3.05, 3.63) is 18.2 Å². The second kappa shape index (κ2) is 5.45. The zero-order chi connectivity index (χ0) is 14.0. The van der Waals surface area contributed by atoms with Crippen molar-refractivity contribution in [2.24, 2.45) is 5.92 Å². The molecule has 0 spiro atoms. The van der Waals surface area contributed by atoms with Crippen LogP contribution in [0.5, 0.6) is 0 Å². The van der Waals surface area contributed by atoms with Gasteiger partial charge >= 0.3 is 0 Å². The Labute approximate surface area is 115 Å². The molecule has 1 aromatic heterocycles. The van der Waals surface area contributed by atoms with Gasteiger partial charge in [-0.25, -0.2) is 4.98 Å². The van der Waals surface area contributed by atoms with Gasteiger partial charge in [-0.05, 0) is 39.8 Å². The van der Waals surface area contributed by atoms with Crippen molar-refractivity contribution < 1.29 is 4.79 Å². The molecule has 0 radical (unpaired) electrons. The normalized spacial score (nSPS) is 27.7. The SMILES string of the molecule is CCn1ccnc1C(=O)C1(N(C)C)CCCC(C)C1. The molecule has 2 atom stereocenters. The van der Waals surface area contributed by atoms with Crippen LogP contribution in [-0.4, -0.2) is 39.9 Å². The highest BCUT2D eigenvalue weighted by atomic mass is 16.1. The first-order valence-electron chi connectivity index (χ1n) is 7.24. The molecule has 4 heteroatoms. The van der Waals surface area contributed by atoms with Crippen LogP contribution < -0.4 is 0 Å². The van der Waals surface area contributed by atoms with Gasteiger partial charge in [-0.2, -0.15) is 0 Å². The van der Waals surface area contributed by atoms with Crippen LogP contribution in [0.4, 0.5) is 0 Å². The molecular weight excluding hydrogens is 238 g/mol. The number of nitrogens with zero attached hydrogens (tertiary/aromatic N) is 3. The number of hydrogen-bond acceptors (Lipinski definition) is 3. The first-order valence-corrected chi connectivity index (χ1v) is 7.24. The second-order valence-corrected chi connectivity index (χ2v) is 5.99. The van der Waals surface area contributed by atoms with Gasteiger partial charge in [0.05, 0.1) is 5.54 Å². The summed E-state index contributed by atoms with van der Waals surface area (Å²) in [6.07, 6.45) is 7.85. The van der Waals surface area contributed by atoms with E-state index in [4.69, 9.17) is 0 Å². The Morgan fingerprint density at radius 3 is 2.89 bits per heavy atom. The average Bonchev–Trinajstić information content (AvgIpc) is 2.85. The first-order chi connectivity index (χ1) is 9.01. The lowest BCUT2D eigenvalue weighted by Crippen LogP contribution is -2.54. The first kappa shape index (κ1) is 14.3. The third kappa shape index (κ3) is 2.46. The number of imidazole rings is 1. The molecule has 2 unspecified atom stereocenters. The van der Waals surface area contributed by atoms with Crippen molar-refractivity contribution in [1.82, 2.24) is 14.5 Å². The van der Waals surface area contributed by atoms with Crippen molar-refractivity contribution in [3.8, 4) is 0 Å². The zero-order valence-electron chi connectivity index (χ0n) is 12.5. The Kier molecular flexibility index (Phi) is 4.09. The third-order valence-corrected chi connectivity index (χ3v) is 4.51. The summed E-state index contributed by atoms with van der Waals surface area (Å²) in [7, 11) is 4.05. The minimum Gasteiger partial charge on any atom is -0.329 e. The van der Waals surface area contributed by atoms with Crippen molar-refractivity contribution >= 4 is 5.78 Å². The zero-order valence-corrected chi connectivity index (χ0v) is 12.5. The van der Waals surface area contributed by atoms with Crippen molar-refractivity contribution in [3.63, 3.8) is 0 Å². The van der Waals surface area contributed by atoms with Gasteiger partial charge in [-0.3, -0.25) is 9.69 Å². The molecule has 0 amide bonds. The van der Waals surface area contributed by atoms with E-state index in [-0.39, 0.29) is 11.3 Å². The maximum atomic E-state index is 13.0. The fraction of sp³-hybridized carbons (Fsp3) is 0.733. The van der Waals surface area contributed by atoms with E-state index in [0.29, 0.717) is 11.7 Å². The van der Waals surface area contributed by atoms with E-state index in [1.165, 1.54) is 6.42 Å². The van der Waals surface area contributed by atoms with Gasteiger partial charge < -0.3 is 4.57 Å². The van der Waals surface area contributed by atoms with Gasteiger partial charge in [0.2, 0.25) is 5.78 Å². The second-order valence-electron chi connectivity index (χ2n) is 5.99. The molecule has 1 aliphatic rings. The Bertz CT molecular complexity index is 452. The van der Waals surface area contributed by atoms with Crippen molar-refractivity contribution in [1.29, 1.82) is 0 Å². The number of Topliss-reactive ketones (excluding diaryl/α,β-unsaturated/α-hetero) is 1. The van der Waals surface area contributed by atoms with Gasteiger partial charge in [-0.1, -0.05) is 19.8 Å². The lowest BCUT2D eigenvalue weighted by molar-refractivity contribution is 0.0471. The van der Waals surface area contributed by atoms with Gasteiger partial charge in [0.15, 0.2) is 5.82 Å². The largest absolute Gasteiger partial charge is 0.329 e. The molecule has 1 aliphatic carbocycles. The summed E-state index contributed by atoms with van der Waals surface area (Å²) in [5.41, 5.74) is -0.365. The summed E-state index contributed by atoms with van der Waals surface area (Å²) >= 11 is 0. The van der Waals surface area contributed by atoms with E-state index in [2.05, 4.69) is 16.8 Å². The predicted octanol–water partition coefficient (Wildman–Crippen LogP) is 2.60. The molecule has 0 aliphatic heterocycles. The van der Waals surface area contributed by atoms with Crippen molar-refractivity contribution in [2.45, 2.75) is 51.6 Å².